The Morgan fingerprint density at radius 3 is 1.86 bits per heavy atom. The van der Waals surface area contributed by atoms with E-state index in [1.54, 1.807) is 12.1 Å². The monoisotopic (exact) mass is 480 g/mol. The molecule has 35 heavy (non-hydrogen) atoms. The predicted molar refractivity (Wildman–Crippen MR) is 133 cm³/mol. The lowest BCUT2D eigenvalue weighted by Crippen LogP contribution is -2.52. The van der Waals surface area contributed by atoms with Crippen molar-refractivity contribution in [3.8, 4) is 0 Å². The number of amides is 2. The molecule has 1 aliphatic heterocycles. The molecule has 2 atom stereocenters. The van der Waals surface area contributed by atoms with Gasteiger partial charge >= 0.3 is 13.1 Å². The summed E-state index contributed by atoms with van der Waals surface area (Å²) in [5, 5.41) is 14.9. The van der Waals surface area contributed by atoms with Crippen molar-refractivity contribution in [2.75, 3.05) is 0 Å². The van der Waals surface area contributed by atoms with Crippen molar-refractivity contribution in [1.29, 1.82) is 0 Å². The highest BCUT2D eigenvalue weighted by Crippen LogP contribution is 2.36. The van der Waals surface area contributed by atoms with E-state index >= 15 is 0 Å². The van der Waals surface area contributed by atoms with Crippen LogP contribution in [0.4, 0.5) is 0 Å². The lowest BCUT2D eigenvalue weighted by Gasteiger charge is -2.32. The van der Waals surface area contributed by atoms with Gasteiger partial charge < -0.3 is 25.0 Å². The lowest BCUT2D eigenvalue weighted by atomic mass is 9.78. The van der Waals surface area contributed by atoms with Gasteiger partial charge in [-0.2, -0.15) is 0 Å². The van der Waals surface area contributed by atoms with Gasteiger partial charge in [-0.3, -0.25) is 9.59 Å². The highest BCUT2D eigenvalue weighted by molar-refractivity contribution is 6.62. The number of aliphatic carboxylic acids is 1. The van der Waals surface area contributed by atoms with E-state index in [4.69, 9.17) is 9.31 Å². The fraction of sp³-hybridized carbons (Fsp3) is 0.423. The summed E-state index contributed by atoms with van der Waals surface area (Å²) in [7, 11) is -0.513. The van der Waals surface area contributed by atoms with Gasteiger partial charge in [0.05, 0.1) is 11.2 Å². The molecule has 3 rings (SSSR count). The largest absolute Gasteiger partial charge is 0.494 e. The molecule has 1 fully saturated rings. The van der Waals surface area contributed by atoms with Crippen molar-refractivity contribution in [3.05, 3.63) is 65.7 Å². The predicted octanol–water partition coefficient (Wildman–Crippen LogP) is 1.85. The number of carboxylic acids is 1. The Morgan fingerprint density at radius 2 is 1.34 bits per heavy atom. The number of benzene rings is 2. The van der Waals surface area contributed by atoms with E-state index in [2.05, 4.69) is 10.6 Å². The van der Waals surface area contributed by atoms with Gasteiger partial charge in [-0.15, -0.1) is 0 Å². The molecule has 186 valence electrons. The second-order valence-electron chi connectivity index (χ2n) is 9.88. The molecule has 1 heterocycles. The van der Waals surface area contributed by atoms with E-state index in [0.717, 1.165) is 16.6 Å². The fourth-order valence-electron chi connectivity index (χ4n) is 3.80. The molecular weight excluding hydrogens is 447 g/mol. The highest BCUT2D eigenvalue weighted by Gasteiger charge is 2.51. The van der Waals surface area contributed by atoms with Crippen LogP contribution >= 0.6 is 0 Å². The third-order valence-electron chi connectivity index (χ3n) is 6.54. The van der Waals surface area contributed by atoms with Crippen LogP contribution in [0.25, 0.3) is 0 Å². The molecule has 2 amide bonds. The molecule has 0 unspecified atom stereocenters. The maximum Gasteiger partial charge on any atom is 0.494 e. The van der Waals surface area contributed by atoms with E-state index in [-0.39, 0.29) is 18.7 Å². The van der Waals surface area contributed by atoms with E-state index in [0.29, 0.717) is 0 Å². The average molecular weight is 480 g/mol. The summed E-state index contributed by atoms with van der Waals surface area (Å²) in [6.07, 6.45) is 0.338. The zero-order valence-corrected chi connectivity index (χ0v) is 20.8. The normalized spacial score (nSPS) is 17.9. The lowest BCUT2D eigenvalue weighted by molar-refractivity contribution is -0.142. The third-order valence-corrected chi connectivity index (χ3v) is 6.54. The van der Waals surface area contributed by atoms with Gasteiger partial charge in [-0.25, -0.2) is 4.79 Å². The van der Waals surface area contributed by atoms with E-state index in [1.807, 2.05) is 70.2 Å². The van der Waals surface area contributed by atoms with Crippen molar-refractivity contribution < 1.29 is 28.8 Å². The van der Waals surface area contributed by atoms with Crippen LogP contribution in [0.15, 0.2) is 54.6 Å². The summed E-state index contributed by atoms with van der Waals surface area (Å²) >= 11 is 0. The minimum Gasteiger partial charge on any atom is -0.480 e. The molecule has 2 aromatic rings. The molecule has 1 aliphatic rings. The van der Waals surface area contributed by atoms with Crippen molar-refractivity contribution in [2.45, 2.75) is 70.7 Å². The third kappa shape index (κ3) is 6.71. The summed E-state index contributed by atoms with van der Waals surface area (Å²) in [6.45, 7) is 9.24. The smallest absolute Gasteiger partial charge is 0.480 e. The summed E-state index contributed by atoms with van der Waals surface area (Å²) in [4.78, 5) is 36.5. The van der Waals surface area contributed by atoms with Gasteiger partial charge in [-0.1, -0.05) is 54.6 Å². The van der Waals surface area contributed by atoms with Gasteiger partial charge in [0.2, 0.25) is 11.8 Å². The Kier molecular flexibility index (Phi) is 8.02. The van der Waals surface area contributed by atoms with Crippen LogP contribution in [-0.2, 0) is 36.5 Å². The molecule has 2 aromatic carbocycles. The Morgan fingerprint density at radius 1 is 0.829 bits per heavy atom. The molecule has 0 bridgehead atoms. The summed E-state index contributed by atoms with van der Waals surface area (Å²) in [6, 6.07) is 14.5. The molecule has 0 saturated carbocycles. The maximum absolute atomic E-state index is 12.9. The molecule has 1 saturated heterocycles. The minimum atomic E-state index is -1.16. The summed E-state index contributed by atoms with van der Waals surface area (Å²) < 4.78 is 12.1. The second-order valence-corrected chi connectivity index (χ2v) is 9.88. The van der Waals surface area contributed by atoms with Gasteiger partial charge in [0.1, 0.15) is 12.1 Å². The van der Waals surface area contributed by atoms with Crippen LogP contribution < -0.4 is 16.1 Å². The summed E-state index contributed by atoms with van der Waals surface area (Å²) in [5.74, 6) is -2.08. The standard InChI is InChI=1S/C26H33BN2O6/c1-17(30)28-21(15-18-9-7-6-8-10-18)23(31)29-22(24(32)33)16-19-11-13-20(14-12-19)27-34-25(2,3)26(4,5)35-27/h6-14,21-22H,15-16H2,1-5H3,(H,28,30)(H,29,31)(H,32,33)/t21-,22-/m1/s1. The Labute approximate surface area is 206 Å². The Bertz CT molecular complexity index is 1040. The fourth-order valence-corrected chi connectivity index (χ4v) is 3.80. The zero-order valence-electron chi connectivity index (χ0n) is 20.8. The van der Waals surface area contributed by atoms with Crippen molar-refractivity contribution in [3.63, 3.8) is 0 Å². The van der Waals surface area contributed by atoms with Gasteiger partial charge in [0, 0.05) is 19.8 Å². The topological polar surface area (TPSA) is 114 Å². The number of carbonyl (C=O) groups excluding carboxylic acids is 2. The Balaban J connectivity index is 1.67. The number of rotatable bonds is 9. The van der Waals surface area contributed by atoms with Gasteiger partial charge in [0.15, 0.2) is 0 Å². The van der Waals surface area contributed by atoms with Crippen LogP contribution in [0.2, 0.25) is 0 Å². The molecule has 9 heteroatoms. The van der Waals surface area contributed by atoms with E-state index in [9.17, 15) is 19.5 Å². The first-order chi connectivity index (χ1) is 16.4. The second kappa shape index (κ2) is 10.6. The van der Waals surface area contributed by atoms with Gasteiger partial charge in [0.25, 0.3) is 0 Å². The van der Waals surface area contributed by atoms with Crippen molar-refractivity contribution in [1.82, 2.24) is 10.6 Å². The number of hydrogen-bond acceptors (Lipinski definition) is 5. The molecule has 0 aromatic heterocycles. The molecular formula is C26H33BN2O6. The minimum absolute atomic E-state index is 0.0862. The first-order valence-corrected chi connectivity index (χ1v) is 11.7. The zero-order chi connectivity index (χ0) is 25.8. The molecule has 0 spiro atoms. The Hall–Kier alpha value is -3.17. The quantitative estimate of drug-likeness (QED) is 0.472. The van der Waals surface area contributed by atoms with Crippen LogP contribution in [0.3, 0.4) is 0 Å². The van der Waals surface area contributed by atoms with E-state index in [1.165, 1.54) is 6.92 Å². The average Bonchev–Trinajstić information content (AvgIpc) is 3.00. The van der Waals surface area contributed by atoms with Crippen molar-refractivity contribution >= 4 is 30.4 Å². The number of carboxylic acid groups (broad SMARTS) is 1. The van der Waals surface area contributed by atoms with E-state index < -0.39 is 42.3 Å². The number of hydrogen-bond donors (Lipinski definition) is 3. The SMILES string of the molecule is CC(=O)N[C@H](Cc1ccccc1)C(=O)N[C@H](Cc1ccc(B2OC(C)(C)C(C)(C)O2)cc1)C(=O)O. The molecule has 0 aliphatic carbocycles. The molecule has 8 nitrogen and oxygen atoms in total. The van der Waals surface area contributed by atoms with Crippen LogP contribution in [-0.4, -0.2) is 53.3 Å². The first kappa shape index (κ1) is 26.4. The first-order valence-electron chi connectivity index (χ1n) is 11.7. The molecule has 3 N–H and O–H groups in total. The van der Waals surface area contributed by atoms with Crippen LogP contribution in [0, 0.1) is 0 Å². The number of nitrogens with one attached hydrogen (secondary N) is 2. The number of carbonyl (C=O) groups is 3. The highest BCUT2D eigenvalue weighted by atomic mass is 16.7. The van der Waals surface area contributed by atoms with Crippen LogP contribution in [0.1, 0.15) is 45.7 Å². The van der Waals surface area contributed by atoms with Gasteiger partial charge in [-0.05, 0) is 44.3 Å². The summed E-state index contributed by atoms with van der Waals surface area (Å²) in [5.41, 5.74) is 1.50. The molecule has 0 radical (unpaired) electrons. The van der Waals surface area contributed by atoms with Crippen molar-refractivity contribution in [2.24, 2.45) is 0 Å². The maximum atomic E-state index is 12.9. The van der Waals surface area contributed by atoms with Crippen LogP contribution in [0.5, 0.6) is 0 Å².